The molecule has 0 bridgehead atoms. The lowest BCUT2D eigenvalue weighted by atomic mass is 10.1. The maximum atomic E-state index is 11.7. The average molecular weight is 285 g/mol. The summed E-state index contributed by atoms with van der Waals surface area (Å²) in [6, 6.07) is 10.6. The van der Waals surface area contributed by atoms with E-state index in [4.69, 9.17) is 9.52 Å². The van der Waals surface area contributed by atoms with Crippen LogP contribution in [0.1, 0.15) is 17.7 Å². The van der Waals surface area contributed by atoms with Gasteiger partial charge in [-0.2, -0.15) is 0 Å². The van der Waals surface area contributed by atoms with Crippen molar-refractivity contribution in [3.63, 3.8) is 0 Å². The fourth-order valence-corrected chi connectivity index (χ4v) is 1.73. The molecule has 1 heterocycles. The van der Waals surface area contributed by atoms with Crippen LogP contribution >= 0.6 is 0 Å². The number of hydrogen-bond donors (Lipinski definition) is 2. The molecule has 5 heteroatoms. The average Bonchev–Trinajstić information content (AvgIpc) is 2.98. The van der Waals surface area contributed by atoms with Crippen LogP contribution in [0.4, 0.5) is 5.69 Å². The molecule has 2 N–H and O–H groups in total. The van der Waals surface area contributed by atoms with Gasteiger partial charge in [-0.15, -0.1) is 0 Å². The molecule has 0 radical (unpaired) electrons. The minimum atomic E-state index is -0.824. The number of aliphatic carboxylic acids is 1. The standard InChI is InChI=1S/C16H15NO4/c18-15(9-8-14-2-1-11-21-14)17-13-6-3-12(4-7-13)5-10-16(19)20/h1-4,6-9,11H,5,10H2,(H,17,18)(H,19,20)/b9-8+. The first-order chi connectivity index (χ1) is 10.1. The highest BCUT2D eigenvalue weighted by molar-refractivity contribution is 6.01. The largest absolute Gasteiger partial charge is 0.481 e. The number of rotatable bonds is 6. The van der Waals surface area contributed by atoms with Crippen molar-refractivity contribution in [2.45, 2.75) is 12.8 Å². The summed E-state index contributed by atoms with van der Waals surface area (Å²) >= 11 is 0. The molecule has 1 amide bonds. The Kier molecular flexibility index (Phi) is 4.93. The van der Waals surface area contributed by atoms with Gasteiger partial charge in [0, 0.05) is 18.2 Å². The van der Waals surface area contributed by atoms with Crippen LogP contribution in [0.5, 0.6) is 0 Å². The first-order valence-electron chi connectivity index (χ1n) is 6.47. The molecule has 0 saturated heterocycles. The highest BCUT2D eigenvalue weighted by Gasteiger charge is 2.01. The predicted octanol–water partition coefficient (Wildman–Crippen LogP) is 2.95. The van der Waals surface area contributed by atoms with Gasteiger partial charge in [0.1, 0.15) is 5.76 Å². The number of anilines is 1. The molecule has 1 aromatic carbocycles. The van der Waals surface area contributed by atoms with E-state index in [-0.39, 0.29) is 12.3 Å². The van der Waals surface area contributed by atoms with Crippen molar-refractivity contribution in [1.82, 2.24) is 0 Å². The van der Waals surface area contributed by atoms with Gasteiger partial charge in [0.15, 0.2) is 0 Å². The second-order valence-electron chi connectivity index (χ2n) is 4.43. The summed E-state index contributed by atoms with van der Waals surface area (Å²) in [6.45, 7) is 0. The van der Waals surface area contributed by atoms with Gasteiger partial charge in [0.25, 0.3) is 0 Å². The third-order valence-corrected chi connectivity index (χ3v) is 2.79. The Bertz CT molecular complexity index is 627. The zero-order valence-corrected chi connectivity index (χ0v) is 11.3. The van der Waals surface area contributed by atoms with Gasteiger partial charge in [0.2, 0.25) is 5.91 Å². The fraction of sp³-hybridized carbons (Fsp3) is 0.125. The molecule has 2 rings (SSSR count). The highest BCUT2D eigenvalue weighted by Crippen LogP contribution is 2.11. The number of amides is 1. The Morgan fingerprint density at radius 1 is 1.19 bits per heavy atom. The molecule has 5 nitrogen and oxygen atoms in total. The van der Waals surface area contributed by atoms with E-state index in [0.29, 0.717) is 17.9 Å². The normalized spacial score (nSPS) is 10.7. The van der Waals surface area contributed by atoms with Gasteiger partial charge in [-0.05, 0) is 42.3 Å². The first-order valence-corrected chi connectivity index (χ1v) is 6.47. The molecule has 0 aliphatic heterocycles. The molecule has 0 fully saturated rings. The maximum absolute atomic E-state index is 11.7. The second kappa shape index (κ2) is 7.09. The minimum Gasteiger partial charge on any atom is -0.481 e. The lowest BCUT2D eigenvalue weighted by Gasteiger charge is -2.03. The second-order valence-corrected chi connectivity index (χ2v) is 4.43. The van der Waals surface area contributed by atoms with E-state index < -0.39 is 5.97 Å². The molecule has 0 aliphatic carbocycles. The fourth-order valence-electron chi connectivity index (χ4n) is 1.73. The van der Waals surface area contributed by atoms with E-state index in [1.807, 2.05) is 0 Å². The van der Waals surface area contributed by atoms with E-state index in [1.165, 1.54) is 12.3 Å². The smallest absolute Gasteiger partial charge is 0.303 e. The molecule has 0 atom stereocenters. The van der Waals surface area contributed by atoms with E-state index in [0.717, 1.165) is 5.56 Å². The number of nitrogens with one attached hydrogen (secondary N) is 1. The Balaban J connectivity index is 1.87. The Hall–Kier alpha value is -2.82. The summed E-state index contributed by atoms with van der Waals surface area (Å²) in [7, 11) is 0. The molecular formula is C16H15NO4. The van der Waals surface area contributed by atoms with Crippen LogP contribution < -0.4 is 5.32 Å². The van der Waals surface area contributed by atoms with Crippen molar-refractivity contribution in [3.8, 4) is 0 Å². The number of carboxylic acid groups (broad SMARTS) is 1. The molecule has 0 saturated carbocycles. The Morgan fingerprint density at radius 2 is 1.95 bits per heavy atom. The predicted molar refractivity (Wildman–Crippen MR) is 78.8 cm³/mol. The summed E-state index contributed by atoms with van der Waals surface area (Å²) in [5, 5.41) is 11.3. The molecule has 108 valence electrons. The molecule has 0 aliphatic rings. The van der Waals surface area contributed by atoms with Crippen LogP contribution in [0.15, 0.2) is 53.2 Å². The van der Waals surface area contributed by atoms with E-state index in [1.54, 1.807) is 42.5 Å². The van der Waals surface area contributed by atoms with Gasteiger partial charge < -0.3 is 14.8 Å². The lowest BCUT2D eigenvalue weighted by molar-refractivity contribution is -0.137. The van der Waals surface area contributed by atoms with Crippen molar-refractivity contribution in [2.24, 2.45) is 0 Å². The van der Waals surface area contributed by atoms with E-state index in [9.17, 15) is 9.59 Å². The van der Waals surface area contributed by atoms with E-state index >= 15 is 0 Å². The summed E-state index contributed by atoms with van der Waals surface area (Å²) in [5.74, 6) is -0.478. The van der Waals surface area contributed by atoms with E-state index in [2.05, 4.69) is 5.32 Å². The van der Waals surface area contributed by atoms with Crippen molar-refractivity contribution in [1.29, 1.82) is 0 Å². The lowest BCUT2D eigenvalue weighted by Crippen LogP contribution is -2.07. The minimum absolute atomic E-state index is 0.0948. The third-order valence-electron chi connectivity index (χ3n) is 2.79. The molecule has 0 spiro atoms. The summed E-state index contributed by atoms with van der Waals surface area (Å²) < 4.78 is 5.08. The van der Waals surface area contributed by atoms with Gasteiger partial charge in [-0.3, -0.25) is 9.59 Å². The van der Waals surface area contributed by atoms with Gasteiger partial charge >= 0.3 is 5.97 Å². The van der Waals surface area contributed by atoms with Crippen molar-refractivity contribution < 1.29 is 19.1 Å². The Morgan fingerprint density at radius 3 is 2.57 bits per heavy atom. The van der Waals surface area contributed by atoms with Crippen LogP contribution in [0, 0.1) is 0 Å². The quantitative estimate of drug-likeness (QED) is 0.800. The number of hydrogen-bond acceptors (Lipinski definition) is 3. The first kappa shape index (κ1) is 14.6. The number of carbonyl (C=O) groups is 2. The SMILES string of the molecule is O=C(O)CCc1ccc(NC(=O)/C=C/c2ccco2)cc1. The number of aryl methyl sites for hydroxylation is 1. The van der Waals surface area contributed by atoms with Gasteiger partial charge in [0.05, 0.1) is 6.26 Å². The summed E-state index contributed by atoms with van der Waals surface area (Å²) in [4.78, 5) is 22.2. The molecule has 0 unspecified atom stereocenters. The van der Waals surface area contributed by atoms with Crippen LogP contribution in [-0.4, -0.2) is 17.0 Å². The molecule has 1 aromatic heterocycles. The zero-order chi connectivity index (χ0) is 15.1. The number of carbonyl (C=O) groups excluding carboxylic acids is 1. The molecular weight excluding hydrogens is 270 g/mol. The van der Waals surface area contributed by atoms with Gasteiger partial charge in [-0.25, -0.2) is 0 Å². The summed E-state index contributed by atoms with van der Waals surface area (Å²) in [5.41, 5.74) is 1.57. The number of carboxylic acids is 1. The van der Waals surface area contributed by atoms with Gasteiger partial charge in [-0.1, -0.05) is 12.1 Å². The van der Waals surface area contributed by atoms with Crippen LogP contribution in [-0.2, 0) is 16.0 Å². The monoisotopic (exact) mass is 285 g/mol. The maximum Gasteiger partial charge on any atom is 0.303 e. The molecule has 21 heavy (non-hydrogen) atoms. The Labute approximate surface area is 121 Å². The number of furan rings is 1. The van der Waals surface area contributed by atoms with Crippen molar-refractivity contribution in [3.05, 3.63) is 60.1 Å². The highest BCUT2D eigenvalue weighted by atomic mass is 16.4. The topological polar surface area (TPSA) is 79.5 Å². The van der Waals surface area contributed by atoms with Crippen LogP contribution in [0.3, 0.4) is 0 Å². The van der Waals surface area contributed by atoms with Crippen molar-refractivity contribution >= 4 is 23.6 Å². The third kappa shape index (κ3) is 4.99. The zero-order valence-electron chi connectivity index (χ0n) is 11.3. The van der Waals surface area contributed by atoms with Crippen molar-refractivity contribution in [2.75, 3.05) is 5.32 Å². The summed E-state index contributed by atoms with van der Waals surface area (Å²) in [6.07, 6.45) is 5.07. The number of benzene rings is 1. The van der Waals surface area contributed by atoms with Crippen LogP contribution in [0.2, 0.25) is 0 Å². The molecule has 2 aromatic rings. The van der Waals surface area contributed by atoms with Crippen LogP contribution in [0.25, 0.3) is 6.08 Å².